The Morgan fingerprint density at radius 1 is 1.10 bits per heavy atom. The Hall–Kier alpha value is -3.82. The maximum absolute atomic E-state index is 13.2. The van der Waals surface area contributed by atoms with Crippen molar-refractivity contribution in [2.75, 3.05) is 11.9 Å². The second kappa shape index (κ2) is 9.12. The monoisotopic (exact) mass is 416 g/mol. The number of carbonyl (C=O) groups excluding carboxylic acids is 2. The molecule has 0 bridgehead atoms. The summed E-state index contributed by atoms with van der Waals surface area (Å²) in [5.74, 6) is -2.38. The Balaban J connectivity index is 1.56. The SMILES string of the molecule is Cc1noc(CCCNC(=O)c2ccc(NC(=O)c3cc(F)cc(F)c3)cc2O)n1. The molecule has 0 unspecified atom stereocenters. The molecule has 3 N–H and O–H groups in total. The Morgan fingerprint density at radius 3 is 2.47 bits per heavy atom. The molecule has 156 valence electrons. The van der Waals surface area contributed by atoms with Gasteiger partial charge < -0.3 is 20.3 Å². The van der Waals surface area contributed by atoms with Crippen LogP contribution in [0.25, 0.3) is 0 Å². The van der Waals surface area contributed by atoms with E-state index in [9.17, 15) is 23.5 Å². The van der Waals surface area contributed by atoms with Crippen LogP contribution in [0.5, 0.6) is 5.75 Å². The molecular formula is C20H18F2N4O4. The molecule has 0 aliphatic rings. The Morgan fingerprint density at radius 2 is 1.83 bits per heavy atom. The van der Waals surface area contributed by atoms with E-state index in [1.807, 2.05) is 0 Å². The van der Waals surface area contributed by atoms with Gasteiger partial charge in [-0.1, -0.05) is 5.16 Å². The Kier molecular flexibility index (Phi) is 6.35. The normalized spacial score (nSPS) is 10.6. The molecule has 1 aromatic heterocycles. The second-order valence-corrected chi connectivity index (χ2v) is 6.44. The van der Waals surface area contributed by atoms with Crippen LogP contribution < -0.4 is 10.6 Å². The van der Waals surface area contributed by atoms with E-state index in [0.29, 0.717) is 37.2 Å². The summed E-state index contributed by atoms with van der Waals surface area (Å²) < 4.78 is 31.5. The van der Waals surface area contributed by atoms with Crippen LogP contribution in [0.4, 0.5) is 14.5 Å². The van der Waals surface area contributed by atoms with Gasteiger partial charge in [-0.25, -0.2) is 8.78 Å². The molecule has 0 aliphatic carbocycles. The van der Waals surface area contributed by atoms with Crippen LogP contribution in [-0.2, 0) is 6.42 Å². The summed E-state index contributed by atoms with van der Waals surface area (Å²) in [5, 5.41) is 18.8. The van der Waals surface area contributed by atoms with Crippen LogP contribution >= 0.6 is 0 Å². The molecule has 0 spiro atoms. The third kappa shape index (κ3) is 5.37. The number of anilines is 1. The van der Waals surface area contributed by atoms with Crippen LogP contribution in [0.1, 0.15) is 38.9 Å². The number of aryl methyl sites for hydroxylation is 2. The number of aromatic nitrogens is 2. The predicted molar refractivity (Wildman–Crippen MR) is 102 cm³/mol. The second-order valence-electron chi connectivity index (χ2n) is 6.44. The number of amides is 2. The third-order valence-electron chi connectivity index (χ3n) is 4.05. The van der Waals surface area contributed by atoms with E-state index in [1.165, 1.54) is 18.2 Å². The van der Waals surface area contributed by atoms with E-state index in [1.54, 1.807) is 6.92 Å². The van der Waals surface area contributed by atoms with Crippen molar-refractivity contribution in [3.63, 3.8) is 0 Å². The van der Waals surface area contributed by atoms with Crippen molar-refractivity contribution in [2.24, 2.45) is 0 Å². The first-order valence-corrected chi connectivity index (χ1v) is 8.99. The lowest BCUT2D eigenvalue weighted by Gasteiger charge is -2.10. The zero-order valence-corrected chi connectivity index (χ0v) is 15.9. The molecule has 2 aromatic carbocycles. The van der Waals surface area contributed by atoms with Gasteiger partial charge in [0.25, 0.3) is 11.8 Å². The first kappa shape index (κ1) is 20.9. The van der Waals surface area contributed by atoms with E-state index < -0.39 is 23.4 Å². The quantitative estimate of drug-likeness (QED) is 0.510. The van der Waals surface area contributed by atoms with Crippen molar-refractivity contribution in [3.8, 4) is 5.75 Å². The van der Waals surface area contributed by atoms with Crippen LogP contribution in [0.2, 0.25) is 0 Å². The number of benzene rings is 2. The molecule has 3 rings (SSSR count). The first-order valence-electron chi connectivity index (χ1n) is 8.99. The van der Waals surface area contributed by atoms with Gasteiger partial charge in [0, 0.05) is 36.3 Å². The van der Waals surface area contributed by atoms with Crippen LogP contribution in [0.3, 0.4) is 0 Å². The summed E-state index contributed by atoms with van der Waals surface area (Å²) in [5.41, 5.74) is -0.0471. The topological polar surface area (TPSA) is 117 Å². The molecular weight excluding hydrogens is 398 g/mol. The lowest BCUT2D eigenvalue weighted by Crippen LogP contribution is -2.25. The molecule has 30 heavy (non-hydrogen) atoms. The highest BCUT2D eigenvalue weighted by molar-refractivity contribution is 6.05. The zero-order chi connectivity index (χ0) is 21.7. The summed E-state index contributed by atoms with van der Waals surface area (Å²) in [7, 11) is 0. The molecule has 3 aromatic rings. The van der Waals surface area contributed by atoms with E-state index in [2.05, 4.69) is 20.8 Å². The van der Waals surface area contributed by atoms with E-state index in [4.69, 9.17) is 4.52 Å². The predicted octanol–water partition coefficient (Wildman–Crippen LogP) is 2.98. The fraction of sp³-hybridized carbons (Fsp3) is 0.200. The van der Waals surface area contributed by atoms with Gasteiger partial charge in [0.1, 0.15) is 17.4 Å². The Bertz CT molecular complexity index is 1060. The highest BCUT2D eigenvalue weighted by Gasteiger charge is 2.14. The van der Waals surface area contributed by atoms with Crippen molar-refractivity contribution in [3.05, 3.63) is 70.9 Å². The molecule has 0 aliphatic heterocycles. The molecule has 0 fully saturated rings. The van der Waals surface area contributed by atoms with Crippen molar-refractivity contribution in [2.45, 2.75) is 19.8 Å². The summed E-state index contributed by atoms with van der Waals surface area (Å²) >= 11 is 0. The van der Waals surface area contributed by atoms with Crippen molar-refractivity contribution in [1.82, 2.24) is 15.5 Å². The van der Waals surface area contributed by atoms with E-state index in [0.717, 1.165) is 12.1 Å². The number of hydrogen-bond donors (Lipinski definition) is 3. The number of aromatic hydroxyl groups is 1. The average Bonchev–Trinajstić information content (AvgIpc) is 3.09. The van der Waals surface area contributed by atoms with Crippen molar-refractivity contribution in [1.29, 1.82) is 0 Å². The highest BCUT2D eigenvalue weighted by Crippen LogP contribution is 2.22. The lowest BCUT2D eigenvalue weighted by atomic mass is 10.1. The number of halogens is 2. The van der Waals surface area contributed by atoms with Gasteiger partial charge in [-0.2, -0.15) is 4.98 Å². The average molecular weight is 416 g/mol. The number of hydrogen-bond acceptors (Lipinski definition) is 6. The van der Waals surface area contributed by atoms with Crippen LogP contribution in [0.15, 0.2) is 40.9 Å². The minimum atomic E-state index is -0.885. The minimum Gasteiger partial charge on any atom is -0.507 e. The fourth-order valence-electron chi connectivity index (χ4n) is 2.67. The maximum Gasteiger partial charge on any atom is 0.255 e. The van der Waals surface area contributed by atoms with Crippen molar-refractivity contribution < 1.29 is 28.0 Å². The molecule has 1 heterocycles. The zero-order valence-electron chi connectivity index (χ0n) is 15.9. The molecule has 0 saturated carbocycles. The summed E-state index contributed by atoms with van der Waals surface area (Å²) in [6.07, 6.45) is 1.06. The fourth-order valence-corrected chi connectivity index (χ4v) is 2.67. The summed E-state index contributed by atoms with van der Waals surface area (Å²) in [4.78, 5) is 28.4. The van der Waals surface area contributed by atoms with Gasteiger partial charge in [-0.15, -0.1) is 0 Å². The maximum atomic E-state index is 13.2. The van der Waals surface area contributed by atoms with Crippen molar-refractivity contribution >= 4 is 17.5 Å². The standard InChI is InChI=1S/C20H18F2N4O4/c1-11-24-18(30-26-11)3-2-6-23-20(29)16-5-4-15(10-17(16)27)25-19(28)12-7-13(21)9-14(22)8-12/h4-5,7-10,27H,2-3,6H2,1H3,(H,23,29)(H,25,28). The highest BCUT2D eigenvalue weighted by atomic mass is 19.1. The van der Waals surface area contributed by atoms with Crippen LogP contribution in [0, 0.1) is 18.6 Å². The molecule has 0 saturated heterocycles. The molecule has 10 heteroatoms. The summed E-state index contributed by atoms with van der Waals surface area (Å²) in [6.45, 7) is 2.03. The van der Waals surface area contributed by atoms with Crippen LogP contribution in [-0.4, -0.2) is 33.6 Å². The van der Waals surface area contributed by atoms with Gasteiger partial charge in [0.05, 0.1) is 5.56 Å². The van der Waals surface area contributed by atoms with E-state index in [-0.39, 0.29) is 22.6 Å². The minimum absolute atomic E-state index is 0.0124. The number of phenols is 1. The number of nitrogens with zero attached hydrogens (tertiary/aromatic N) is 2. The van der Waals surface area contributed by atoms with Gasteiger partial charge in [-0.3, -0.25) is 9.59 Å². The van der Waals surface area contributed by atoms with Gasteiger partial charge >= 0.3 is 0 Å². The Labute approximate surface area is 169 Å². The number of carbonyl (C=O) groups is 2. The summed E-state index contributed by atoms with van der Waals surface area (Å²) in [6, 6.07) is 6.31. The van der Waals surface area contributed by atoms with E-state index >= 15 is 0 Å². The third-order valence-corrected chi connectivity index (χ3v) is 4.05. The lowest BCUT2D eigenvalue weighted by molar-refractivity contribution is 0.0949. The number of phenolic OH excluding ortho intramolecular Hbond substituents is 1. The van der Waals surface area contributed by atoms with Gasteiger partial charge in [0.2, 0.25) is 5.89 Å². The number of rotatable bonds is 7. The molecule has 0 radical (unpaired) electrons. The molecule has 0 atom stereocenters. The first-order chi connectivity index (χ1) is 14.3. The number of nitrogens with one attached hydrogen (secondary N) is 2. The molecule has 8 nitrogen and oxygen atoms in total. The van der Waals surface area contributed by atoms with Gasteiger partial charge in [-0.05, 0) is 37.6 Å². The molecule has 2 amide bonds. The largest absolute Gasteiger partial charge is 0.507 e. The smallest absolute Gasteiger partial charge is 0.255 e. The van der Waals surface area contributed by atoms with Gasteiger partial charge in [0.15, 0.2) is 5.82 Å².